The van der Waals surface area contributed by atoms with Gasteiger partial charge >= 0.3 is 5.97 Å². The van der Waals surface area contributed by atoms with Gasteiger partial charge in [0.1, 0.15) is 0 Å². The third kappa shape index (κ3) is 13.4. The molecule has 0 rings (SSSR count). The molecule has 0 aliphatic rings. The Hall–Kier alpha value is -1.35. The first-order valence-electron chi connectivity index (χ1n) is 7.68. The van der Waals surface area contributed by atoms with Crippen molar-refractivity contribution < 1.29 is 9.53 Å². The molecule has 0 heterocycles. The quantitative estimate of drug-likeness (QED) is 0.373. The summed E-state index contributed by atoms with van der Waals surface area (Å²) in [5, 5.41) is 3.03. The molecule has 0 aliphatic carbocycles. The molecule has 0 radical (unpaired) electrons. The maximum absolute atomic E-state index is 10.9. The third-order valence-corrected chi connectivity index (χ3v) is 3.21. The molecule has 0 amide bonds. The molecular formula is C18H31NO2. The monoisotopic (exact) mass is 293 g/mol. The Balaban J connectivity index is 3.83. The predicted molar refractivity (Wildman–Crippen MR) is 90.3 cm³/mol. The first-order valence-corrected chi connectivity index (χ1v) is 7.68. The standard InChI is InChI=1S/C18H31NO2/c1-15(2)8-6-9-16(3)10-7-11-17(4)12-13-19-14-18(20)21-5/h8,10,12,19H,6-7,9,11,13-14H2,1-5H3. The number of ether oxygens (including phenoxy) is 1. The lowest BCUT2D eigenvalue weighted by atomic mass is 10.1. The normalized spacial score (nSPS) is 12.2. The first kappa shape index (κ1) is 19.7. The molecule has 3 heteroatoms. The zero-order chi connectivity index (χ0) is 16.1. The molecule has 0 saturated heterocycles. The van der Waals surface area contributed by atoms with E-state index in [9.17, 15) is 4.79 Å². The molecule has 0 atom stereocenters. The van der Waals surface area contributed by atoms with Gasteiger partial charge < -0.3 is 10.1 Å². The van der Waals surface area contributed by atoms with Crippen LogP contribution in [-0.4, -0.2) is 26.2 Å². The van der Waals surface area contributed by atoms with Gasteiger partial charge in [0.25, 0.3) is 0 Å². The van der Waals surface area contributed by atoms with Crippen molar-refractivity contribution in [1.82, 2.24) is 5.32 Å². The first-order chi connectivity index (χ1) is 9.95. The third-order valence-electron chi connectivity index (χ3n) is 3.21. The van der Waals surface area contributed by atoms with E-state index in [0.29, 0.717) is 6.54 Å². The van der Waals surface area contributed by atoms with Crippen LogP contribution in [0.1, 0.15) is 53.4 Å². The molecule has 0 fully saturated rings. The van der Waals surface area contributed by atoms with E-state index >= 15 is 0 Å². The van der Waals surface area contributed by atoms with E-state index < -0.39 is 0 Å². The van der Waals surface area contributed by atoms with Gasteiger partial charge in [0.05, 0.1) is 13.7 Å². The van der Waals surface area contributed by atoms with E-state index in [1.54, 1.807) is 0 Å². The highest BCUT2D eigenvalue weighted by Gasteiger charge is 1.96. The van der Waals surface area contributed by atoms with Gasteiger partial charge in [0.2, 0.25) is 0 Å². The molecule has 0 aromatic carbocycles. The lowest BCUT2D eigenvalue weighted by molar-refractivity contribution is -0.139. The van der Waals surface area contributed by atoms with E-state index in [4.69, 9.17) is 0 Å². The average Bonchev–Trinajstić information content (AvgIpc) is 2.42. The van der Waals surface area contributed by atoms with Crippen LogP contribution < -0.4 is 5.32 Å². The van der Waals surface area contributed by atoms with Crippen molar-refractivity contribution in [3.63, 3.8) is 0 Å². The number of carbonyl (C=O) groups excluding carboxylic acids is 1. The second kappa shape index (κ2) is 12.4. The van der Waals surface area contributed by atoms with Crippen LogP contribution in [0.15, 0.2) is 34.9 Å². The fraction of sp³-hybridized carbons (Fsp3) is 0.611. The summed E-state index contributed by atoms with van der Waals surface area (Å²) >= 11 is 0. The Kier molecular flexibility index (Phi) is 11.6. The summed E-state index contributed by atoms with van der Waals surface area (Å²) in [5.41, 5.74) is 4.20. The van der Waals surface area contributed by atoms with Crippen LogP contribution in [0.25, 0.3) is 0 Å². The Labute approximate surface area is 130 Å². The zero-order valence-electron chi connectivity index (χ0n) is 14.3. The fourth-order valence-corrected chi connectivity index (χ4v) is 1.83. The molecule has 0 saturated carbocycles. The molecule has 120 valence electrons. The number of esters is 1. The Morgan fingerprint density at radius 1 is 0.952 bits per heavy atom. The maximum atomic E-state index is 10.9. The molecule has 0 bridgehead atoms. The number of methoxy groups -OCH3 is 1. The van der Waals surface area contributed by atoms with Crippen molar-refractivity contribution in [2.24, 2.45) is 0 Å². The Morgan fingerprint density at radius 3 is 2.10 bits per heavy atom. The van der Waals surface area contributed by atoms with Gasteiger partial charge in [0.15, 0.2) is 0 Å². The number of carbonyl (C=O) groups is 1. The summed E-state index contributed by atoms with van der Waals surface area (Å²) in [4.78, 5) is 10.9. The van der Waals surface area contributed by atoms with Crippen molar-refractivity contribution in [3.05, 3.63) is 34.9 Å². The topological polar surface area (TPSA) is 38.3 Å². The van der Waals surface area contributed by atoms with E-state index in [2.05, 4.69) is 56.0 Å². The summed E-state index contributed by atoms with van der Waals surface area (Å²) in [6.07, 6.45) is 11.2. The average molecular weight is 293 g/mol. The van der Waals surface area contributed by atoms with E-state index in [-0.39, 0.29) is 12.5 Å². The number of allylic oxidation sites excluding steroid dienone is 5. The molecule has 0 aliphatic heterocycles. The SMILES string of the molecule is COC(=O)CNCC=C(C)CCC=C(C)CCC=C(C)C. The van der Waals surface area contributed by atoms with Crippen LogP contribution in [0.5, 0.6) is 0 Å². The minimum absolute atomic E-state index is 0.226. The molecule has 0 aromatic heterocycles. The van der Waals surface area contributed by atoms with Crippen LogP contribution in [-0.2, 0) is 9.53 Å². The van der Waals surface area contributed by atoms with Gasteiger partial charge in [-0.1, -0.05) is 34.9 Å². The van der Waals surface area contributed by atoms with Crippen LogP contribution in [0, 0.1) is 0 Å². The maximum Gasteiger partial charge on any atom is 0.319 e. The fourth-order valence-electron chi connectivity index (χ4n) is 1.83. The Bertz CT molecular complexity index is 388. The largest absolute Gasteiger partial charge is 0.468 e. The molecule has 3 nitrogen and oxygen atoms in total. The summed E-state index contributed by atoms with van der Waals surface area (Å²) in [5.74, 6) is -0.226. The van der Waals surface area contributed by atoms with E-state index in [1.165, 1.54) is 23.8 Å². The molecule has 0 spiro atoms. The van der Waals surface area contributed by atoms with Gasteiger partial charge in [-0.05, 0) is 53.4 Å². The van der Waals surface area contributed by atoms with Crippen LogP contribution in [0.4, 0.5) is 0 Å². The summed E-state index contributed by atoms with van der Waals surface area (Å²) in [6, 6.07) is 0. The lowest BCUT2D eigenvalue weighted by Crippen LogP contribution is -2.23. The summed E-state index contributed by atoms with van der Waals surface area (Å²) in [7, 11) is 1.40. The Morgan fingerprint density at radius 2 is 1.52 bits per heavy atom. The van der Waals surface area contributed by atoms with Gasteiger partial charge in [-0.3, -0.25) is 4.79 Å². The van der Waals surface area contributed by atoms with E-state index in [0.717, 1.165) is 25.7 Å². The number of rotatable bonds is 10. The van der Waals surface area contributed by atoms with Crippen molar-refractivity contribution in [1.29, 1.82) is 0 Å². The van der Waals surface area contributed by atoms with Crippen molar-refractivity contribution in [3.8, 4) is 0 Å². The smallest absolute Gasteiger partial charge is 0.319 e. The minimum Gasteiger partial charge on any atom is -0.468 e. The van der Waals surface area contributed by atoms with Gasteiger partial charge in [0, 0.05) is 6.54 Å². The zero-order valence-corrected chi connectivity index (χ0v) is 14.3. The molecule has 1 N–H and O–H groups in total. The molecule has 0 unspecified atom stereocenters. The highest BCUT2D eigenvalue weighted by molar-refractivity contribution is 5.71. The number of nitrogens with one attached hydrogen (secondary N) is 1. The molecule has 21 heavy (non-hydrogen) atoms. The van der Waals surface area contributed by atoms with Crippen molar-refractivity contribution in [2.75, 3.05) is 20.2 Å². The van der Waals surface area contributed by atoms with Crippen LogP contribution >= 0.6 is 0 Å². The van der Waals surface area contributed by atoms with Gasteiger partial charge in [-0.15, -0.1) is 0 Å². The summed E-state index contributed by atoms with van der Waals surface area (Å²) in [6.45, 7) is 9.60. The number of hydrogen-bond acceptors (Lipinski definition) is 3. The highest BCUT2D eigenvalue weighted by atomic mass is 16.5. The lowest BCUT2D eigenvalue weighted by Gasteiger charge is -2.03. The van der Waals surface area contributed by atoms with Crippen molar-refractivity contribution >= 4 is 5.97 Å². The van der Waals surface area contributed by atoms with Crippen molar-refractivity contribution in [2.45, 2.75) is 53.4 Å². The predicted octanol–water partition coefficient (Wildman–Crippen LogP) is 4.17. The minimum atomic E-state index is -0.226. The molecule has 0 aromatic rings. The second-order valence-corrected chi connectivity index (χ2v) is 5.67. The second-order valence-electron chi connectivity index (χ2n) is 5.67. The van der Waals surface area contributed by atoms with Crippen LogP contribution in [0.3, 0.4) is 0 Å². The van der Waals surface area contributed by atoms with Gasteiger partial charge in [-0.25, -0.2) is 0 Å². The molecular weight excluding hydrogens is 262 g/mol. The van der Waals surface area contributed by atoms with E-state index in [1.807, 2.05) is 0 Å². The number of hydrogen-bond donors (Lipinski definition) is 1. The summed E-state index contributed by atoms with van der Waals surface area (Å²) < 4.78 is 4.56. The van der Waals surface area contributed by atoms with Crippen LogP contribution in [0.2, 0.25) is 0 Å². The van der Waals surface area contributed by atoms with Gasteiger partial charge in [-0.2, -0.15) is 0 Å². The highest BCUT2D eigenvalue weighted by Crippen LogP contribution is 2.11.